The molecule has 0 bridgehead atoms. The standard InChI is InChI=1S/C16H15F3N2O2/c1-8-5-12(11(4)20-7-8)14-9(2)6-13(16(17,18)19)10(3)15(14)21(22)23/h5-7H,1-4H3. The zero-order valence-corrected chi connectivity index (χ0v) is 13.1. The lowest BCUT2D eigenvalue weighted by Crippen LogP contribution is -2.11. The number of hydrogen-bond donors (Lipinski definition) is 0. The van der Waals surface area contributed by atoms with E-state index in [1.807, 2.05) is 0 Å². The van der Waals surface area contributed by atoms with Crippen molar-refractivity contribution in [3.63, 3.8) is 0 Å². The van der Waals surface area contributed by atoms with Crippen LogP contribution in [0.1, 0.15) is 27.9 Å². The van der Waals surface area contributed by atoms with Gasteiger partial charge in [-0.05, 0) is 51.0 Å². The first-order valence-electron chi connectivity index (χ1n) is 6.83. The molecule has 0 atom stereocenters. The average Bonchev–Trinajstić information content (AvgIpc) is 2.41. The number of hydrogen-bond acceptors (Lipinski definition) is 3. The van der Waals surface area contributed by atoms with Gasteiger partial charge in [0, 0.05) is 23.0 Å². The van der Waals surface area contributed by atoms with Crippen LogP contribution in [-0.4, -0.2) is 9.91 Å². The number of benzene rings is 1. The first kappa shape index (κ1) is 16.9. The molecule has 0 fully saturated rings. The molecule has 0 radical (unpaired) electrons. The van der Waals surface area contributed by atoms with Crippen molar-refractivity contribution >= 4 is 5.69 Å². The Bertz CT molecular complexity index is 799. The predicted molar refractivity (Wildman–Crippen MR) is 80.3 cm³/mol. The normalized spacial score (nSPS) is 11.6. The summed E-state index contributed by atoms with van der Waals surface area (Å²) in [4.78, 5) is 14.9. The Labute approximate surface area is 131 Å². The molecule has 0 spiro atoms. The number of nitro groups is 1. The largest absolute Gasteiger partial charge is 0.416 e. The number of alkyl halides is 3. The van der Waals surface area contributed by atoms with Crippen LogP contribution < -0.4 is 0 Å². The van der Waals surface area contributed by atoms with Gasteiger partial charge < -0.3 is 0 Å². The van der Waals surface area contributed by atoms with Gasteiger partial charge in [0.1, 0.15) is 0 Å². The van der Waals surface area contributed by atoms with E-state index in [1.54, 1.807) is 26.1 Å². The molecule has 7 heteroatoms. The molecule has 2 aromatic rings. The summed E-state index contributed by atoms with van der Waals surface area (Å²) in [6.07, 6.45) is -3.03. The molecule has 0 N–H and O–H groups in total. The smallest absolute Gasteiger partial charge is 0.261 e. The van der Waals surface area contributed by atoms with Crippen LogP contribution in [0.5, 0.6) is 0 Å². The average molecular weight is 324 g/mol. The fourth-order valence-corrected chi connectivity index (χ4v) is 2.65. The number of pyridine rings is 1. The van der Waals surface area contributed by atoms with Crippen molar-refractivity contribution in [1.82, 2.24) is 4.98 Å². The van der Waals surface area contributed by atoms with Gasteiger partial charge in [-0.1, -0.05) is 0 Å². The third kappa shape index (κ3) is 3.04. The lowest BCUT2D eigenvalue weighted by molar-refractivity contribution is -0.385. The van der Waals surface area contributed by atoms with Crippen LogP contribution in [0, 0.1) is 37.8 Å². The number of rotatable bonds is 2. The summed E-state index contributed by atoms with van der Waals surface area (Å²) < 4.78 is 39.3. The van der Waals surface area contributed by atoms with E-state index in [2.05, 4.69) is 4.98 Å². The van der Waals surface area contributed by atoms with E-state index in [9.17, 15) is 23.3 Å². The predicted octanol–water partition coefficient (Wildman–Crippen LogP) is 4.91. The molecule has 4 nitrogen and oxygen atoms in total. The van der Waals surface area contributed by atoms with Crippen LogP contribution >= 0.6 is 0 Å². The monoisotopic (exact) mass is 324 g/mol. The Balaban J connectivity index is 2.92. The van der Waals surface area contributed by atoms with Gasteiger partial charge in [0.2, 0.25) is 0 Å². The first-order chi connectivity index (χ1) is 10.5. The third-order valence-corrected chi connectivity index (χ3v) is 3.73. The number of aryl methyl sites for hydroxylation is 3. The van der Waals surface area contributed by atoms with Gasteiger partial charge in [0.05, 0.1) is 16.1 Å². The maximum absolute atomic E-state index is 13.1. The second-order valence-electron chi connectivity index (χ2n) is 5.49. The Morgan fingerprint density at radius 2 is 1.74 bits per heavy atom. The third-order valence-electron chi connectivity index (χ3n) is 3.73. The minimum Gasteiger partial charge on any atom is -0.261 e. The zero-order chi connectivity index (χ0) is 17.5. The van der Waals surface area contributed by atoms with Gasteiger partial charge in [0.15, 0.2) is 0 Å². The molecule has 0 aliphatic carbocycles. The Morgan fingerprint density at radius 3 is 2.26 bits per heavy atom. The summed E-state index contributed by atoms with van der Waals surface area (Å²) in [5.41, 5.74) is 0.281. The zero-order valence-electron chi connectivity index (χ0n) is 13.1. The number of halogens is 3. The maximum atomic E-state index is 13.1. The molecule has 0 saturated carbocycles. The van der Waals surface area contributed by atoms with E-state index in [1.165, 1.54) is 6.92 Å². The van der Waals surface area contributed by atoms with Crippen molar-refractivity contribution in [3.8, 4) is 11.1 Å². The van der Waals surface area contributed by atoms with Crippen LogP contribution in [0.3, 0.4) is 0 Å². The molecule has 1 aromatic carbocycles. The highest BCUT2D eigenvalue weighted by Gasteiger charge is 2.37. The highest BCUT2D eigenvalue weighted by molar-refractivity contribution is 5.81. The molecule has 23 heavy (non-hydrogen) atoms. The van der Waals surface area contributed by atoms with Crippen LogP contribution in [0.25, 0.3) is 11.1 Å². The van der Waals surface area contributed by atoms with E-state index < -0.39 is 22.4 Å². The van der Waals surface area contributed by atoms with E-state index in [4.69, 9.17) is 0 Å². The summed E-state index contributed by atoms with van der Waals surface area (Å²) in [5, 5.41) is 11.5. The second-order valence-corrected chi connectivity index (χ2v) is 5.49. The van der Waals surface area contributed by atoms with Gasteiger partial charge in [0.25, 0.3) is 5.69 Å². The lowest BCUT2D eigenvalue weighted by atomic mass is 9.91. The van der Waals surface area contributed by atoms with Crippen LogP contribution in [0.4, 0.5) is 18.9 Å². The minimum absolute atomic E-state index is 0.189. The fraction of sp³-hybridized carbons (Fsp3) is 0.312. The van der Waals surface area contributed by atoms with E-state index in [0.717, 1.165) is 18.6 Å². The maximum Gasteiger partial charge on any atom is 0.416 e. The molecule has 0 amide bonds. The van der Waals surface area contributed by atoms with E-state index in [-0.39, 0.29) is 16.7 Å². The molecule has 0 unspecified atom stereocenters. The lowest BCUT2D eigenvalue weighted by Gasteiger charge is -2.17. The van der Waals surface area contributed by atoms with Crippen LogP contribution in [0.2, 0.25) is 0 Å². The molecular weight excluding hydrogens is 309 g/mol. The quantitative estimate of drug-likeness (QED) is 0.582. The van der Waals surface area contributed by atoms with Gasteiger partial charge in [-0.2, -0.15) is 13.2 Å². The first-order valence-corrected chi connectivity index (χ1v) is 6.83. The summed E-state index contributed by atoms with van der Waals surface area (Å²) in [5.74, 6) is 0. The summed E-state index contributed by atoms with van der Waals surface area (Å²) in [6, 6.07) is 2.66. The molecule has 1 heterocycles. The van der Waals surface area contributed by atoms with Gasteiger partial charge >= 0.3 is 6.18 Å². The number of aromatic nitrogens is 1. The SMILES string of the molecule is Cc1cnc(C)c(-c2c(C)cc(C(F)(F)F)c(C)c2[N+](=O)[O-])c1. The second kappa shape index (κ2) is 5.64. The van der Waals surface area contributed by atoms with Crippen molar-refractivity contribution in [3.05, 3.63) is 56.4 Å². The van der Waals surface area contributed by atoms with Crippen LogP contribution in [-0.2, 0) is 6.18 Å². The van der Waals surface area contributed by atoms with E-state index in [0.29, 0.717) is 11.3 Å². The molecule has 122 valence electrons. The fourth-order valence-electron chi connectivity index (χ4n) is 2.65. The highest BCUT2D eigenvalue weighted by atomic mass is 19.4. The summed E-state index contributed by atoms with van der Waals surface area (Å²) >= 11 is 0. The van der Waals surface area contributed by atoms with Crippen molar-refractivity contribution in [2.75, 3.05) is 0 Å². The molecule has 1 aromatic heterocycles. The molecule has 0 aliphatic rings. The van der Waals surface area contributed by atoms with Crippen molar-refractivity contribution in [2.24, 2.45) is 0 Å². The molecule has 0 aliphatic heterocycles. The summed E-state index contributed by atoms with van der Waals surface area (Å²) in [6.45, 7) is 6.01. The summed E-state index contributed by atoms with van der Waals surface area (Å²) in [7, 11) is 0. The molecule has 2 rings (SSSR count). The number of nitro benzene ring substituents is 1. The molecule has 0 saturated heterocycles. The van der Waals surface area contributed by atoms with Crippen molar-refractivity contribution in [1.29, 1.82) is 0 Å². The molecular formula is C16H15F3N2O2. The topological polar surface area (TPSA) is 56.0 Å². The van der Waals surface area contributed by atoms with Crippen LogP contribution in [0.15, 0.2) is 18.3 Å². The van der Waals surface area contributed by atoms with Gasteiger partial charge in [-0.25, -0.2) is 0 Å². The van der Waals surface area contributed by atoms with Crippen molar-refractivity contribution in [2.45, 2.75) is 33.9 Å². The Morgan fingerprint density at radius 1 is 1.13 bits per heavy atom. The van der Waals surface area contributed by atoms with Gasteiger partial charge in [-0.15, -0.1) is 0 Å². The Hall–Kier alpha value is -2.44. The van der Waals surface area contributed by atoms with Gasteiger partial charge in [-0.3, -0.25) is 15.1 Å². The van der Waals surface area contributed by atoms with Crippen molar-refractivity contribution < 1.29 is 18.1 Å². The minimum atomic E-state index is -4.64. The highest BCUT2D eigenvalue weighted by Crippen LogP contribution is 2.43. The number of nitrogens with zero attached hydrogens (tertiary/aromatic N) is 2. The Kier molecular flexibility index (Phi) is 4.15. The van der Waals surface area contributed by atoms with E-state index >= 15 is 0 Å².